The van der Waals surface area contributed by atoms with Crippen LogP contribution < -0.4 is 0 Å². The Labute approximate surface area is 227 Å². The number of aliphatic hydroxyl groups excluding tert-OH is 2. The highest BCUT2D eigenvalue weighted by molar-refractivity contribution is 5.74. The first kappa shape index (κ1) is 31.8. The third-order valence-electron chi connectivity index (χ3n) is 7.53. The summed E-state index contributed by atoms with van der Waals surface area (Å²) in [6, 6.07) is 8.09. The number of unbranched alkanes of at least 4 members (excludes halogenated alkanes) is 14. The molecular weight excluding hydrogens is 458 g/mol. The van der Waals surface area contributed by atoms with Gasteiger partial charge in [-0.05, 0) is 25.0 Å². The molecule has 0 aliphatic heterocycles. The number of nitrogens with zero attached hydrogens (tertiary/aromatic N) is 2. The average molecular weight is 516 g/mol. The second kappa shape index (κ2) is 20.5. The Bertz CT molecular complexity index is 732. The minimum absolute atomic E-state index is 0.361. The standard InChI is InChI=1S/C32H57N3O2/c1-3-5-7-9-11-13-15-17-21-28(36)25-35(27-32-33-30-23-19-20-24-31(30)34-32)26-29(37)22-18-16-14-12-10-8-6-4-2/h19-20,23-24,28-29,36-37H,3-18,21-22,25-27H2,1-2H3,(H,33,34). The molecule has 0 aliphatic rings. The number of aromatic amines is 1. The van der Waals surface area contributed by atoms with E-state index in [2.05, 4.69) is 23.7 Å². The molecule has 3 N–H and O–H groups in total. The van der Waals surface area contributed by atoms with Crippen LogP contribution in [0, 0.1) is 0 Å². The first-order valence-corrected chi connectivity index (χ1v) is 15.6. The van der Waals surface area contributed by atoms with Crippen molar-refractivity contribution in [3.63, 3.8) is 0 Å². The van der Waals surface area contributed by atoms with Gasteiger partial charge in [-0.1, -0.05) is 129 Å². The Balaban J connectivity index is 1.75. The maximum absolute atomic E-state index is 10.8. The van der Waals surface area contributed by atoms with Gasteiger partial charge in [-0.3, -0.25) is 4.90 Å². The molecule has 1 heterocycles. The molecule has 1 aromatic carbocycles. The van der Waals surface area contributed by atoms with Crippen LogP contribution in [0.15, 0.2) is 24.3 Å². The number of H-pyrrole nitrogens is 1. The van der Waals surface area contributed by atoms with Crippen LogP contribution >= 0.6 is 0 Å². The highest BCUT2D eigenvalue weighted by Gasteiger charge is 2.18. The number of para-hydroxylation sites is 2. The van der Waals surface area contributed by atoms with Gasteiger partial charge in [-0.2, -0.15) is 0 Å². The third-order valence-corrected chi connectivity index (χ3v) is 7.53. The highest BCUT2D eigenvalue weighted by Crippen LogP contribution is 2.16. The zero-order valence-corrected chi connectivity index (χ0v) is 24.1. The second-order valence-corrected chi connectivity index (χ2v) is 11.2. The lowest BCUT2D eigenvalue weighted by atomic mass is 10.0. The number of fused-ring (bicyclic) bond motifs is 1. The molecule has 5 nitrogen and oxygen atoms in total. The van der Waals surface area contributed by atoms with Gasteiger partial charge < -0.3 is 15.2 Å². The lowest BCUT2D eigenvalue weighted by Gasteiger charge is -2.26. The van der Waals surface area contributed by atoms with Crippen LogP contribution in [0.4, 0.5) is 0 Å². The van der Waals surface area contributed by atoms with E-state index < -0.39 is 0 Å². The molecule has 1 aromatic heterocycles. The molecule has 0 saturated heterocycles. The molecule has 0 spiro atoms. The fourth-order valence-electron chi connectivity index (χ4n) is 5.30. The number of rotatable bonds is 24. The summed E-state index contributed by atoms with van der Waals surface area (Å²) in [4.78, 5) is 10.4. The summed E-state index contributed by atoms with van der Waals surface area (Å²) in [5, 5.41) is 21.6. The van der Waals surface area contributed by atoms with Crippen molar-refractivity contribution in [2.24, 2.45) is 0 Å². The minimum atomic E-state index is -0.361. The number of nitrogens with one attached hydrogen (secondary N) is 1. The van der Waals surface area contributed by atoms with Crippen molar-refractivity contribution in [2.45, 2.75) is 148 Å². The number of benzene rings is 1. The summed E-state index contributed by atoms with van der Waals surface area (Å²) in [6.07, 6.45) is 21.4. The molecule has 2 atom stereocenters. The Hall–Kier alpha value is -1.43. The number of imidazole rings is 1. The first-order valence-electron chi connectivity index (χ1n) is 15.6. The van der Waals surface area contributed by atoms with Crippen molar-refractivity contribution in [3.05, 3.63) is 30.1 Å². The van der Waals surface area contributed by atoms with E-state index in [0.717, 1.165) is 42.5 Å². The fraction of sp³-hybridized carbons (Fsp3) is 0.781. The van der Waals surface area contributed by atoms with Crippen LogP contribution in [0.1, 0.15) is 135 Å². The van der Waals surface area contributed by atoms with Crippen molar-refractivity contribution in [3.8, 4) is 0 Å². The Kier molecular flexibility index (Phi) is 17.6. The topological polar surface area (TPSA) is 72.4 Å². The molecule has 2 rings (SSSR count). The van der Waals surface area contributed by atoms with Gasteiger partial charge in [0.1, 0.15) is 5.82 Å². The molecule has 0 fully saturated rings. The van der Waals surface area contributed by atoms with Gasteiger partial charge in [-0.25, -0.2) is 4.98 Å². The Morgan fingerprint density at radius 3 is 1.62 bits per heavy atom. The minimum Gasteiger partial charge on any atom is -0.392 e. The molecule has 37 heavy (non-hydrogen) atoms. The van der Waals surface area contributed by atoms with Crippen LogP contribution in [0.2, 0.25) is 0 Å². The Morgan fingerprint density at radius 2 is 1.14 bits per heavy atom. The van der Waals surface area contributed by atoms with Gasteiger partial charge in [0.15, 0.2) is 0 Å². The number of hydrogen-bond donors (Lipinski definition) is 3. The summed E-state index contributed by atoms with van der Waals surface area (Å²) < 4.78 is 0. The zero-order chi connectivity index (χ0) is 26.6. The van der Waals surface area contributed by atoms with Crippen LogP contribution in [-0.4, -0.2) is 50.4 Å². The van der Waals surface area contributed by atoms with E-state index in [1.54, 1.807) is 0 Å². The first-order chi connectivity index (χ1) is 18.1. The van der Waals surface area contributed by atoms with Gasteiger partial charge in [0.2, 0.25) is 0 Å². The number of aliphatic hydroxyl groups is 2. The van der Waals surface area contributed by atoms with Crippen LogP contribution in [-0.2, 0) is 6.54 Å². The van der Waals surface area contributed by atoms with Crippen molar-refractivity contribution in [1.82, 2.24) is 14.9 Å². The van der Waals surface area contributed by atoms with E-state index in [1.165, 1.54) is 89.9 Å². The monoisotopic (exact) mass is 515 g/mol. The number of aromatic nitrogens is 2. The van der Waals surface area contributed by atoms with Crippen molar-refractivity contribution >= 4 is 11.0 Å². The molecule has 5 heteroatoms. The largest absolute Gasteiger partial charge is 0.392 e. The molecule has 0 radical (unpaired) electrons. The van der Waals surface area contributed by atoms with Crippen LogP contribution in [0.3, 0.4) is 0 Å². The third kappa shape index (κ3) is 14.9. The van der Waals surface area contributed by atoms with Gasteiger partial charge in [-0.15, -0.1) is 0 Å². The van der Waals surface area contributed by atoms with E-state index in [0.29, 0.717) is 19.6 Å². The Morgan fingerprint density at radius 1 is 0.676 bits per heavy atom. The second-order valence-electron chi connectivity index (χ2n) is 11.2. The smallest absolute Gasteiger partial charge is 0.121 e. The van der Waals surface area contributed by atoms with Crippen molar-refractivity contribution in [1.29, 1.82) is 0 Å². The van der Waals surface area contributed by atoms with E-state index >= 15 is 0 Å². The van der Waals surface area contributed by atoms with Crippen molar-refractivity contribution < 1.29 is 10.2 Å². The summed E-state index contributed by atoms with van der Waals surface area (Å²) in [7, 11) is 0. The average Bonchev–Trinajstić information content (AvgIpc) is 3.29. The SMILES string of the molecule is CCCCCCCCCCC(O)CN(Cc1nc2ccccc2[nH]1)CC(O)CCCCCCCCCC. The maximum Gasteiger partial charge on any atom is 0.121 e. The maximum atomic E-state index is 10.8. The van der Waals surface area contributed by atoms with Gasteiger partial charge in [0.25, 0.3) is 0 Å². The molecule has 0 saturated carbocycles. The molecule has 2 unspecified atom stereocenters. The van der Waals surface area contributed by atoms with Crippen LogP contribution in [0.25, 0.3) is 11.0 Å². The normalized spacial score (nSPS) is 13.5. The van der Waals surface area contributed by atoms with Gasteiger partial charge >= 0.3 is 0 Å². The highest BCUT2D eigenvalue weighted by atomic mass is 16.3. The fourth-order valence-corrected chi connectivity index (χ4v) is 5.30. The molecule has 0 aliphatic carbocycles. The summed E-state index contributed by atoms with van der Waals surface area (Å²) >= 11 is 0. The van der Waals surface area contributed by atoms with E-state index in [1.807, 2.05) is 24.3 Å². The predicted octanol–water partition coefficient (Wildman–Crippen LogP) is 8.15. The molecule has 2 aromatic rings. The zero-order valence-electron chi connectivity index (χ0n) is 24.1. The van der Waals surface area contributed by atoms with Crippen molar-refractivity contribution in [2.75, 3.05) is 13.1 Å². The van der Waals surface area contributed by atoms with Crippen LogP contribution in [0.5, 0.6) is 0 Å². The summed E-state index contributed by atoms with van der Waals surface area (Å²) in [5.74, 6) is 0.903. The van der Waals surface area contributed by atoms with E-state index in [-0.39, 0.29) is 12.2 Å². The quantitative estimate of drug-likeness (QED) is 0.123. The van der Waals surface area contributed by atoms with Gasteiger partial charge in [0, 0.05) is 13.1 Å². The molecular formula is C32H57N3O2. The predicted molar refractivity (Wildman–Crippen MR) is 158 cm³/mol. The number of hydrogen-bond acceptors (Lipinski definition) is 4. The lowest BCUT2D eigenvalue weighted by Crippen LogP contribution is -2.38. The van der Waals surface area contributed by atoms with Gasteiger partial charge in [0.05, 0.1) is 29.8 Å². The summed E-state index contributed by atoms with van der Waals surface area (Å²) in [6.45, 7) is 6.31. The summed E-state index contributed by atoms with van der Waals surface area (Å²) in [5.41, 5.74) is 2.01. The molecule has 0 bridgehead atoms. The lowest BCUT2D eigenvalue weighted by molar-refractivity contribution is 0.0556. The van der Waals surface area contributed by atoms with E-state index in [9.17, 15) is 10.2 Å². The molecule has 0 amide bonds. The molecule has 212 valence electrons. The van der Waals surface area contributed by atoms with E-state index in [4.69, 9.17) is 4.98 Å².